The molecule has 2 rings (SSSR count). The SMILES string of the molecule is COc1ccc(C(C)NC(=O)C(C)Oc2ccc(C)cc2Br)c(OC)c1. The number of ether oxygens (including phenoxy) is 3. The number of hydrogen-bond acceptors (Lipinski definition) is 4. The van der Waals surface area contributed by atoms with Crippen LogP contribution in [0.4, 0.5) is 0 Å². The lowest BCUT2D eigenvalue weighted by atomic mass is 10.1. The van der Waals surface area contributed by atoms with Gasteiger partial charge in [-0.25, -0.2) is 0 Å². The van der Waals surface area contributed by atoms with E-state index in [9.17, 15) is 4.79 Å². The summed E-state index contributed by atoms with van der Waals surface area (Å²) in [7, 11) is 3.19. The molecule has 2 atom stereocenters. The van der Waals surface area contributed by atoms with Crippen molar-refractivity contribution >= 4 is 21.8 Å². The van der Waals surface area contributed by atoms with Crippen molar-refractivity contribution < 1.29 is 19.0 Å². The maximum Gasteiger partial charge on any atom is 0.261 e. The van der Waals surface area contributed by atoms with Crippen molar-refractivity contribution in [3.05, 3.63) is 52.0 Å². The molecular weight excluding hydrogens is 398 g/mol. The summed E-state index contributed by atoms with van der Waals surface area (Å²) in [4.78, 5) is 12.5. The highest BCUT2D eigenvalue weighted by Crippen LogP contribution is 2.30. The first-order chi connectivity index (χ1) is 12.3. The fraction of sp³-hybridized carbons (Fsp3) is 0.350. The summed E-state index contributed by atoms with van der Waals surface area (Å²) in [6, 6.07) is 11.0. The molecular formula is C20H24BrNO4. The standard InChI is InChI=1S/C20H24BrNO4/c1-12-6-9-18(17(21)10-12)26-14(3)20(23)22-13(2)16-8-7-15(24-4)11-19(16)25-5/h6-11,13-14H,1-5H3,(H,22,23). The fourth-order valence-corrected chi connectivity index (χ4v) is 3.12. The van der Waals surface area contributed by atoms with E-state index in [1.807, 2.05) is 44.2 Å². The molecule has 0 aliphatic rings. The van der Waals surface area contributed by atoms with E-state index >= 15 is 0 Å². The van der Waals surface area contributed by atoms with Crippen molar-refractivity contribution in [1.82, 2.24) is 5.32 Å². The number of hydrogen-bond donors (Lipinski definition) is 1. The number of amides is 1. The average molecular weight is 422 g/mol. The van der Waals surface area contributed by atoms with E-state index < -0.39 is 6.10 Å². The second-order valence-corrected chi connectivity index (χ2v) is 6.89. The van der Waals surface area contributed by atoms with Gasteiger partial charge in [0, 0.05) is 11.6 Å². The van der Waals surface area contributed by atoms with Gasteiger partial charge in [0.05, 0.1) is 24.7 Å². The van der Waals surface area contributed by atoms with Gasteiger partial charge in [-0.1, -0.05) is 6.07 Å². The Balaban J connectivity index is 2.06. The predicted octanol–water partition coefficient (Wildman–Crippen LogP) is 4.42. The summed E-state index contributed by atoms with van der Waals surface area (Å²) >= 11 is 3.46. The van der Waals surface area contributed by atoms with Crippen molar-refractivity contribution in [3.8, 4) is 17.2 Å². The Kier molecular flexibility index (Phi) is 6.91. The number of nitrogens with one attached hydrogen (secondary N) is 1. The van der Waals surface area contributed by atoms with Crippen molar-refractivity contribution in [1.29, 1.82) is 0 Å². The highest BCUT2D eigenvalue weighted by molar-refractivity contribution is 9.10. The maximum absolute atomic E-state index is 12.5. The monoisotopic (exact) mass is 421 g/mol. The largest absolute Gasteiger partial charge is 0.497 e. The van der Waals surface area contributed by atoms with Crippen molar-refractivity contribution in [2.45, 2.75) is 32.9 Å². The number of rotatable bonds is 7. The molecule has 1 N–H and O–H groups in total. The average Bonchev–Trinajstić information content (AvgIpc) is 2.63. The van der Waals surface area contributed by atoms with Gasteiger partial charge in [0.1, 0.15) is 17.2 Å². The summed E-state index contributed by atoms with van der Waals surface area (Å²) in [5.41, 5.74) is 1.98. The summed E-state index contributed by atoms with van der Waals surface area (Å²) in [5, 5.41) is 2.96. The van der Waals surface area contributed by atoms with Crippen LogP contribution < -0.4 is 19.5 Å². The van der Waals surface area contributed by atoms with Crippen molar-refractivity contribution in [2.75, 3.05) is 14.2 Å². The lowest BCUT2D eigenvalue weighted by Crippen LogP contribution is -2.37. The quantitative estimate of drug-likeness (QED) is 0.718. The van der Waals surface area contributed by atoms with Crippen LogP contribution in [-0.2, 0) is 4.79 Å². The zero-order valence-electron chi connectivity index (χ0n) is 15.6. The Labute approximate surface area is 162 Å². The maximum atomic E-state index is 12.5. The van der Waals surface area contributed by atoms with Crippen LogP contribution in [0, 0.1) is 6.92 Å². The summed E-state index contributed by atoms with van der Waals surface area (Å²) in [6.07, 6.45) is -0.638. The van der Waals surface area contributed by atoms with Crippen LogP contribution in [0.3, 0.4) is 0 Å². The van der Waals surface area contributed by atoms with E-state index in [4.69, 9.17) is 14.2 Å². The van der Waals surface area contributed by atoms with Gasteiger partial charge in [-0.2, -0.15) is 0 Å². The van der Waals surface area contributed by atoms with Gasteiger partial charge in [0.2, 0.25) is 0 Å². The minimum absolute atomic E-state index is 0.206. The molecule has 0 heterocycles. The molecule has 2 aromatic carbocycles. The van der Waals surface area contributed by atoms with Crippen LogP contribution >= 0.6 is 15.9 Å². The zero-order valence-corrected chi connectivity index (χ0v) is 17.2. The molecule has 2 unspecified atom stereocenters. The molecule has 140 valence electrons. The number of carbonyl (C=O) groups excluding carboxylic acids is 1. The van der Waals surface area contributed by atoms with Crippen LogP contribution in [0.5, 0.6) is 17.2 Å². The fourth-order valence-electron chi connectivity index (χ4n) is 2.53. The van der Waals surface area contributed by atoms with Gasteiger partial charge in [-0.05, 0) is 66.5 Å². The number of methoxy groups -OCH3 is 2. The van der Waals surface area contributed by atoms with Crippen LogP contribution in [0.15, 0.2) is 40.9 Å². The van der Waals surface area contributed by atoms with E-state index in [0.29, 0.717) is 17.2 Å². The first-order valence-electron chi connectivity index (χ1n) is 8.30. The second kappa shape index (κ2) is 8.94. The van der Waals surface area contributed by atoms with Gasteiger partial charge in [0.15, 0.2) is 6.10 Å². The third-order valence-electron chi connectivity index (χ3n) is 4.03. The first kappa shape index (κ1) is 20.1. The molecule has 0 saturated heterocycles. The van der Waals surface area contributed by atoms with E-state index in [1.165, 1.54) is 0 Å². The van der Waals surface area contributed by atoms with Gasteiger partial charge in [0.25, 0.3) is 5.91 Å². The molecule has 26 heavy (non-hydrogen) atoms. The first-order valence-corrected chi connectivity index (χ1v) is 9.10. The minimum Gasteiger partial charge on any atom is -0.497 e. The number of aryl methyl sites for hydroxylation is 1. The lowest BCUT2D eigenvalue weighted by Gasteiger charge is -2.21. The van der Waals surface area contributed by atoms with E-state index in [2.05, 4.69) is 21.2 Å². The normalized spacial score (nSPS) is 12.8. The third-order valence-corrected chi connectivity index (χ3v) is 4.65. The number of halogens is 1. The Hall–Kier alpha value is -2.21. The molecule has 5 nitrogen and oxygen atoms in total. The van der Waals surface area contributed by atoms with Crippen LogP contribution in [0.1, 0.15) is 31.0 Å². The van der Waals surface area contributed by atoms with Crippen LogP contribution in [0.2, 0.25) is 0 Å². The van der Waals surface area contributed by atoms with Gasteiger partial charge >= 0.3 is 0 Å². The molecule has 0 aliphatic heterocycles. The molecule has 0 fully saturated rings. The highest BCUT2D eigenvalue weighted by atomic mass is 79.9. The molecule has 6 heteroatoms. The molecule has 0 spiro atoms. The predicted molar refractivity (Wildman–Crippen MR) is 105 cm³/mol. The zero-order chi connectivity index (χ0) is 19.3. The topological polar surface area (TPSA) is 56.8 Å². The molecule has 2 aromatic rings. The summed E-state index contributed by atoms with van der Waals surface area (Å²) < 4.78 is 17.2. The van der Waals surface area contributed by atoms with Gasteiger partial charge in [-0.15, -0.1) is 0 Å². The lowest BCUT2D eigenvalue weighted by molar-refractivity contribution is -0.127. The third kappa shape index (κ3) is 4.91. The van der Waals surface area contributed by atoms with Gasteiger partial charge < -0.3 is 19.5 Å². The van der Waals surface area contributed by atoms with Crippen molar-refractivity contribution in [3.63, 3.8) is 0 Å². The Bertz CT molecular complexity index is 778. The summed E-state index contributed by atoms with van der Waals surface area (Å²) in [5.74, 6) is 1.79. The summed E-state index contributed by atoms with van der Waals surface area (Å²) in [6.45, 7) is 5.62. The van der Waals surface area contributed by atoms with Gasteiger partial charge in [-0.3, -0.25) is 4.79 Å². The van der Waals surface area contributed by atoms with Crippen molar-refractivity contribution in [2.24, 2.45) is 0 Å². The Morgan fingerprint density at radius 2 is 1.77 bits per heavy atom. The minimum atomic E-state index is -0.638. The molecule has 0 aromatic heterocycles. The number of carbonyl (C=O) groups is 1. The molecule has 0 bridgehead atoms. The second-order valence-electron chi connectivity index (χ2n) is 6.03. The van der Waals surface area contributed by atoms with E-state index in [-0.39, 0.29) is 11.9 Å². The Morgan fingerprint density at radius 1 is 1.04 bits per heavy atom. The molecule has 0 radical (unpaired) electrons. The number of benzene rings is 2. The smallest absolute Gasteiger partial charge is 0.261 e. The van der Waals surface area contributed by atoms with Crippen LogP contribution in [0.25, 0.3) is 0 Å². The Morgan fingerprint density at radius 3 is 2.38 bits per heavy atom. The van der Waals surface area contributed by atoms with E-state index in [1.54, 1.807) is 27.2 Å². The van der Waals surface area contributed by atoms with Crippen LogP contribution in [-0.4, -0.2) is 26.2 Å². The van der Waals surface area contributed by atoms with E-state index in [0.717, 1.165) is 15.6 Å². The molecule has 0 saturated carbocycles. The molecule has 1 amide bonds. The molecule has 0 aliphatic carbocycles. The highest BCUT2D eigenvalue weighted by Gasteiger charge is 2.20.